The molecule has 0 aromatic heterocycles. The Hall–Kier alpha value is -4.02. The zero-order valence-corrected chi connectivity index (χ0v) is 63.5. The number of hydrogen-bond acceptors (Lipinski definition) is 15. The number of ether oxygens (including phenoxy) is 4. The maximum Gasteiger partial charge on any atom is 0.472 e. The van der Waals surface area contributed by atoms with Gasteiger partial charge in [-0.1, -0.05) is 273 Å². The van der Waals surface area contributed by atoms with Crippen LogP contribution in [0.2, 0.25) is 0 Å². The van der Waals surface area contributed by atoms with Crippen LogP contribution < -0.4 is 0 Å². The standard InChI is InChI=1S/C79H138O17P2/c1-5-9-13-17-21-25-29-33-36-40-43-47-51-55-59-63-76(81)89-69-74(95-78(83)65-61-57-53-49-45-39-32-28-24-20-16-12-8-4)71-93-97(85,86)91-67-73(80)68-92-98(87,88)94-72-75(96-79(84)66-62-58-54-50-46-42-38-35-31-27-23-19-15-11-7-3)70-90-77(82)64-60-56-52-48-44-41-37-34-30-26-22-18-14-10-6-2/h10-11,14-15,21-23,25-27,33-38,73-75,80H,5-9,12-13,16-20,24,28-32,39-72H2,1-4H3,(H,85,86)(H,87,88)/b14-10-,15-11-,25-21-,26-22-,27-23-,36-33-,37-34-,38-35-. The number of phosphoric acid groups is 2. The van der Waals surface area contributed by atoms with Crippen LogP contribution in [0.1, 0.15) is 323 Å². The van der Waals surface area contributed by atoms with E-state index in [0.717, 1.165) is 173 Å². The zero-order valence-electron chi connectivity index (χ0n) is 61.7. The largest absolute Gasteiger partial charge is 0.472 e. The predicted octanol–water partition coefficient (Wildman–Crippen LogP) is 22.0. The lowest BCUT2D eigenvalue weighted by Gasteiger charge is -2.21. The summed E-state index contributed by atoms with van der Waals surface area (Å²) >= 11 is 0. The first-order valence-electron chi connectivity index (χ1n) is 38.5. The van der Waals surface area contributed by atoms with Crippen molar-refractivity contribution in [3.05, 3.63) is 97.2 Å². The van der Waals surface area contributed by atoms with Crippen molar-refractivity contribution in [3.8, 4) is 0 Å². The number of carbonyl (C=O) groups excluding carboxylic acids is 4. The maximum atomic E-state index is 13.1. The summed E-state index contributed by atoms with van der Waals surface area (Å²) in [7, 11) is -9.96. The van der Waals surface area contributed by atoms with E-state index in [9.17, 15) is 43.2 Å². The van der Waals surface area contributed by atoms with Gasteiger partial charge >= 0.3 is 39.5 Å². The second kappa shape index (κ2) is 71.4. The van der Waals surface area contributed by atoms with Gasteiger partial charge in [-0.2, -0.15) is 0 Å². The van der Waals surface area contributed by atoms with Gasteiger partial charge in [0.1, 0.15) is 19.3 Å². The average molecular weight is 1420 g/mol. The van der Waals surface area contributed by atoms with Crippen molar-refractivity contribution in [1.29, 1.82) is 0 Å². The van der Waals surface area contributed by atoms with Crippen LogP contribution in [0, 0.1) is 0 Å². The molecule has 0 spiro atoms. The van der Waals surface area contributed by atoms with E-state index in [1.165, 1.54) is 70.6 Å². The average Bonchev–Trinajstić information content (AvgIpc) is 1.04. The van der Waals surface area contributed by atoms with E-state index < -0.39 is 97.5 Å². The van der Waals surface area contributed by atoms with Crippen molar-refractivity contribution in [2.75, 3.05) is 39.6 Å². The normalized spacial score (nSPS) is 14.5. The molecule has 0 bridgehead atoms. The highest BCUT2D eigenvalue weighted by Crippen LogP contribution is 2.45. The molecule has 3 N–H and O–H groups in total. The highest BCUT2D eigenvalue weighted by atomic mass is 31.2. The van der Waals surface area contributed by atoms with Gasteiger partial charge in [-0.05, 0) is 122 Å². The van der Waals surface area contributed by atoms with Crippen molar-refractivity contribution in [3.63, 3.8) is 0 Å². The van der Waals surface area contributed by atoms with Gasteiger partial charge in [-0.3, -0.25) is 37.3 Å². The minimum absolute atomic E-state index is 0.0712. The predicted molar refractivity (Wildman–Crippen MR) is 399 cm³/mol. The molecule has 0 saturated carbocycles. The van der Waals surface area contributed by atoms with Crippen LogP contribution in [0.4, 0.5) is 0 Å². The van der Waals surface area contributed by atoms with Crippen molar-refractivity contribution >= 4 is 39.5 Å². The highest BCUT2D eigenvalue weighted by molar-refractivity contribution is 7.47. The van der Waals surface area contributed by atoms with Crippen molar-refractivity contribution < 1.29 is 80.2 Å². The Morgan fingerprint density at radius 2 is 0.531 bits per heavy atom. The fraction of sp³-hybridized carbons (Fsp3) is 0.747. The van der Waals surface area contributed by atoms with Crippen LogP contribution in [-0.2, 0) is 65.4 Å². The molecule has 566 valence electrons. The summed E-state index contributed by atoms with van der Waals surface area (Å²) in [6, 6.07) is 0. The summed E-state index contributed by atoms with van der Waals surface area (Å²) in [5.74, 6) is -2.21. The molecule has 0 heterocycles. The third-order valence-corrected chi connectivity index (χ3v) is 17.9. The van der Waals surface area contributed by atoms with Crippen LogP contribution in [-0.4, -0.2) is 96.7 Å². The fourth-order valence-corrected chi connectivity index (χ4v) is 11.8. The molecular formula is C79H138O17P2. The molecule has 17 nitrogen and oxygen atoms in total. The number of esters is 4. The number of hydrogen-bond donors (Lipinski definition) is 3. The molecule has 0 amide bonds. The molecule has 0 fully saturated rings. The van der Waals surface area contributed by atoms with E-state index in [4.69, 9.17) is 37.0 Å². The Bertz CT molecular complexity index is 2240. The maximum absolute atomic E-state index is 13.1. The summed E-state index contributed by atoms with van der Waals surface area (Å²) in [4.78, 5) is 72.9. The number of aliphatic hydroxyl groups is 1. The lowest BCUT2D eigenvalue weighted by Crippen LogP contribution is -2.30. The molecule has 0 aromatic carbocycles. The number of rotatable bonds is 72. The summed E-state index contributed by atoms with van der Waals surface area (Å²) in [6.07, 6.45) is 73.9. The van der Waals surface area contributed by atoms with Crippen LogP contribution in [0.5, 0.6) is 0 Å². The number of carbonyl (C=O) groups is 4. The quantitative estimate of drug-likeness (QED) is 0.0169. The van der Waals surface area contributed by atoms with E-state index in [1.54, 1.807) is 0 Å². The second-order valence-corrected chi connectivity index (χ2v) is 28.4. The molecule has 5 unspecified atom stereocenters. The topological polar surface area (TPSA) is 237 Å². The van der Waals surface area contributed by atoms with Gasteiger partial charge in [0.2, 0.25) is 0 Å². The number of unbranched alkanes of at least 4 members (excludes halogenated alkanes) is 30. The van der Waals surface area contributed by atoms with E-state index >= 15 is 0 Å². The van der Waals surface area contributed by atoms with Gasteiger partial charge in [-0.25, -0.2) is 9.13 Å². The molecule has 19 heteroatoms. The van der Waals surface area contributed by atoms with Crippen molar-refractivity contribution in [2.45, 2.75) is 341 Å². The zero-order chi connectivity index (χ0) is 71.8. The van der Waals surface area contributed by atoms with Crippen molar-refractivity contribution in [1.82, 2.24) is 0 Å². The molecule has 0 aromatic rings. The Balaban J connectivity index is 5.37. The molecule has 5 atom stereocenters. The van der Waals surface area contributed by atoms with Gasteiger partial charge in [0.15, 0.2) is 12.2 Å². The van der Waals surface area contributed by atoms with Crippen LogP contribution >= 0.6 is 15.6 Å². The second-order valence-electron chi connectivity index (χ2n) is 25.5. The smallest absolute Gasteiger partial charge is 0.462 e. The van der Waals surface area contributed by atoms with Gasteiger partial charge in [0, 0.05) is 25.7 Å². The lowest BCUT2D eigenvalue weighted by molar-refractivity contribution is -0.161. The van der Waals surface area contributed by atoms with Crippen LogP contribution in [0.15, 0.2) is 97.2 Å². The molecule has 0 saturated heterocycles. The highest BCUT2D eigenvalue weighted by Gasteiger charge is 2.30. The van der Waals surface area contributed by atoms with Gasteiger partial charge in [0.05, 0.1) is 26.4 Å². The van der Waals surface area contributed by atoms with Gasteiger partial charge in [-0.15, -0.1) is 0 Å². The first kappa shape index (κ1) is 94.0. The molecule has 0 aliphatic heterocycles. The molecule has 0 aliphatic rings. The molecule has 0 aliphatic carbocycles. The fourth-order valence-electron chi connectivity index (χ4n) is 10.2. The van der Waals surface area contributed by atoms with E-state index in [0.29, 0.717) is 25.7 Å². The van der Waals surface area contributed by atoms with E-state index in [2.05, 4.69) is 125 Å². The van der Waals surface area contributed by atoms with Crippen LogP contribution in [0.3, 0.4) is 0 Å². The van der Waals surface area contributed by atoms with Crippen LogP contribution in [0.25, 0.3) is 0 Å². The summed E-state index contributed by atoms with van der Waals surface area (Å²) in [6.45, 7) is 4.60. The monoisotopic (exact) mass is 1420 g/mol. The Kier molecular flexibility index (Phi) is 68.4. The third kappa shape index (κ3) is 70.4. The first-order chi connectivity index (χ1) is 47.7. The van der Waals surface area contributed by atoms with E-state index in [-0.39, 0.29) is 25.7 Å². The van der Waals surface area contributed by atoms with Gasteiger partial charge in [0.25, 0.3) is 0 Å². The minimum atomic E-state index is -4.98. The Morgan fingerprint density at radius 3 is 0.837 bits per heavy atom. The van der Waals surface area contributed by atoms with E-state index in [1.807, 2.05) is 0 Å². The number of phosphoric ester groups is 2. The molecule has 98 heavy (non-hydrogen) atoms. The Labute approximate surface area is 595 Å². The Morgan fingerprint density at radius 1 is 0.296 bits per heavy atom. The minimum Gasteiger partial charge on any atom is -0.462 e. The molecule has 0 radical (unpaired) electrons. The van der Waals surface area contributed by atoms with Gasteiger partial charge < -0.3 is 33.8 Å². The lowest BCUT2D eigenvalue weighted by atomic mass is 10.0. The first-order valence-corrected chi connectivity index (χ1v) is 41.5. The SMILES string of the molecule is CC/C=C\C/C=C\C/C=C\CCCCCCCC(=O)OCC(COP(=O)(O)OCC(O)COP(=O)(O)OCC(COC(=O)CCCCCCC/C=C\C/C=C\CCCCC)OC(=O)CCCCCCCCCCCCCCC)OC(=O)CCCCCCC/C=C\C/C=C\C/C=C\CC. The summed E-state index contributed by atoms with van der Waals surface area (Å²) in [5, 5.41) is 10.6. The van der Waals surface area contributed by atoms with Crippen molar-refractivity contribution in [2.24, 2.45) is 0 Å². The third-order valence-electron chi connectivity index (χ3n) is 16.0. The number of aliphatic hydroxyl groups excluding tert-OH is 1. The molecule has 0 rings (SSSR count). The summed E-state index contributed by atoms with van der Waals surface area (Å²) in [5.41, 5.74) is 0. The summed E-state index contributed by atoms with van der Waals surface area (Å²) < 4.78 is 68.5. The number of allylic oxidation sites excluding steroid dienone is 16. The molecular weight excluding hydrogens is 1280 g/mol.